The zero-order valence-corrected chi connectivity index (χ0v) is 18.3. The van der Waals surface area contributed by atoms with Gasteiger partial charge in [-0.1, -0.05) is 44.7 Å². The number of imidazole rings is 1. The molecular weight excluding hydrogens is 374 g/mol. The molecule has 0 fully saturated rings. The number of fused-ring (bicyclic) bond motifs is 1. The van der Waals surface area contributed by atoms with Gasteiger partial charge in [0.25, 0.3) is 0 Å². The van der Waals surface area contributed by atoms with E-state index in [1.165, 1.54) is 5.56 Å². The number of benzene rings is 2. The molecule has 0 aliphatic rings. The van der Waals surface area contributed by atoms with Crippen molar-refractivity contribution in [3.05, 3.63) is 72.1 Å². The van der Waals surface area contributed by atoms with Crippen molar-refractivity contribution in [3.63, 3.8) is 0 Å². The van der Waals surface area contributed by atoms with E-state index in [2.05, 4.69) is 48.5 Å². The number of aryl methyl sites for hydroxylation is 1. The van der Waals surface area contributed by atoms with Crippen LogP contribution in [0.1, 0.15) is 57.5 Å². The van der Waals surface area contributed by atoms with Crippen LogP contribution in [0.2, 0.25) is 0 Å². The average Bonchev–Trinajstić information content (AvgIpc) is 3.10. The highest BCUT2D eigenvalue weighted by molar-refractivity contribution is 5.92. The van der Waals surface area contributed by atoms with Crippen molar-refractivity contribution in [1.29, 1.82) is 0 Å². The van der Waals surface area contributed by atoms with Crippen LogP contribution in [0.5, 0.6) is 5.75 Å². The van der Waals surface area contributed by atoms with E-state index < -0.39 is 0 Å². The molecule has 0 spiro atoms. The van der Waals surface area contributed by atoms with E-state index in [4.69, 9.17) is 9.72 Å². The zero-order chi connectivity index (χ0) is 21.7. The van der Waals surface area contributed by atoms with Gasteiger partial charge in [-0.3, -0.25) is 4.79 Å². The number of hydrogen-bond acceptors (Lipinski definition) is 3. The van der Waals surface area contributed by atoms with Crippen LogP contribution in [0.3, 0.4) is 0 Å². The van der Waals surface area contributed by atoms with Gasteiger partial charge in [0.05, 0.1) is 23.7 Å². The monoisotopic (exact) mass is 405 g/mol. The number of para-hydroxylation sites is 2. The zero-order valence-electron chi connectivity index (χ0n) is 18.3. The highest BCUT2D eigenvalue weighted by atomic mass is 16.5. The topological polar surface area (TPSA) is 56.2 Å². The minimum atomic E-state index is -0.217. The summed E-state index contributed by atoms with van der Waals surface area (Å²) in [5, 5.41) is 2.97. The highest BCUT2D eigenvalue weighted by Crippen LogP contribution is 2.22. The van der Waals surface area contributed by atoms with Gasteiger partial charge in [-0.05, 0) is 56.0 Å². The molecule has 5 heteroatoms. The lowest BCUT2D eigenvalue weighted by molar-refractivity contribution is -0.118. The molecule has 158 valence electrons. The molecule has 3 rings (SSSR count). The van der Waals surface area contributed by atoms with E-state index >= 15 is 0 Å². The van der Waals surface area contributed by atoms with Gasteiger partial charge in [0.2, 0.25) is 5.91 Å². The molecule has 2 aromatic carbocycles. The summed E-state index contributed by atoms with van der Waals surface area (Å²) < 4.78 is 8.10. The quantitative estimate of drug-likeness (QED) is 0.384. The highest BCUT2D eigenvalue weighted by Gasteiger charge is 2.18. The Morgan fingerprint density at radius 3 is 2.50 bits per heavy atom. The van der Waals surface area contributed by atoms with Crippen molar-refractivity contribution in [1.82, 2.24) is 14.9 Å². The first-order valence-electron chi connectivity index (χ1n) is 10.5. The lowest BCUT2D eigenvalue weighted by Crippen LogP contribution is -2.29. The molecule has 5 nitrogen and oxygen atoms in total. The van der Waals surface area contributed by atoms with Gasteiger partial charge in [0, 0.05) is 12.1 Å². The molecule has 1 heterocycles. The number of hydrogen-bond donors (Lipinski definition) is 1. The van der Waals surface area contributed by atoms with Crippen molar-refractivity contribution < 1.29 is 9.53 Å². The number of nitrogens with zero attached hydrogens (tertiary/aromatic N) is 2. The summed E-state index contributed by atoms with van der Waals surface area (Å²) in [7, 11) is 0. The molecule has 0 saturated heterocycles. The second kappa shape index (κ2) is 9.61. The van der Waals surface area contributed by atoms with Crippen LogP contribution in [0.4, 0.5) is 0 Å². The predicted octanol–water partition coefficient (Wildman–Crippen LogP) is 5.38. The minimum Gasteiger partial charge on any atom is -0.494 e. The van der Waals surface area contributed by atoms with Crippen molar-refractivity contribution in [2.24, 2.45) is 0 Å². The first kappa shape index (κ1) is 21.6. The van der Waals surface area contributed by atoms with Crippen LogP contribution < -0.4 is 10.1 Å². The molecule has 0 radical (unpaired) electrons. The summed E-state index contributed by atoms with van der Waals surface area (Å²) in [6, 6.07) is 16.1. The van der Waals surface area contributed by atoms with E-state index in [9.17, 15) is 4.79 Å². The van der Waals surface area contributed by atoms with Crippen LogP contribution in [0.15, 0.2) is 60.7 Å². The van der Waals surface area contributed by atoms with Crippen molar-refractivity contribution in [3.8, 4) is 5.75 Å². The number of carbonyl (C=O) groups excluding carboxylic acids is 1. The van der Waals surface area contributed by atoms with Crippen LogP contribution in [0.25, 0.3) is 11.0 Å². The maximum Gasteiger partial charge on any atom is 0.246 e. The third-order valence-electron chi connectivity index (χ3n) is 5.15. The molecule has 1 unspecified atom stereocenters. The van der Waals surface area contributed by atoms with E-state index in [-0.39, 0.29) is 11.9 Å². The first-order valence-corrected chi connectivity index (χ1v) is 10.5. The summed E-state index contributed by atoms with van der Waals surface area (Å²) in [5.41, 5.74) is 3.78. The van der Waals surface area contributed by atoms with E-state index in [0.29, 0.717) is 18.1 Å². The predicted molar refractivity (Wildman–Crippen MR) is 122 cm³/mol. The fourth-order valence-corrected chi connectivity index (χ4v) is 3.41. The van der Waals surface area contributed by atoms with E-state index in [1.807, 2.05) is 37.3 Å². The summed E-state index contributed by atoms with van der Waals surface area (Å²) in [4.78, 5) is 16.8. The van der Waals surface area contributed by atoms with Crippen LogP contribution in [-0.4, -0.2) is 22.1 Å². The Morgan fingerprint density at radius 1 is 1.13 bits per heavy atom. The van der Waals surface area contributed by atoms with Crippen LogP contribution in [-0.2, 0) is 11.3 Å². The summed E-state index contributed by atoms with van der Waals surface area (Å²) in [6.45, 7) is 13.1. The maximum atomic E-state index is 12.1. The second-order valence-corrected chi connectivity index (χ2v) is 8.01. The summed E-state index contributed by atoms with van der Waals surface area (Å²) in [6.07, 6.45) is 0.834. The Balaban J connectivity index is 1.68. The molecule has 0 aliphatic carbocycles. The normalized spacial score (nSPS) is 12.2. The lowest BCUT2D eigenvalue weighted by Gasteiger charge is -2.16. The number of aromatic nitrogens is 2. The number of nitrogens with one attached hydrogen (secondary N) is 1. The number of amides is 1. The molecule has 0 aliphatic heterocycles. The average molecular weight is 406 g/mol. The van der Waals surface area contributed by atoms with Gasteiger partial charge in [-0.2, -0.15) is 0 Å². The van der Waals surface area contributed by atoms with Crippen molar-refractivity contribution in [2.75, 3.05) is 6.61 Å². The molecule has 0 saturated carbocycles. The van der Waals surface area contributed by atoms with Gasteiger partial charge in [-0.25, -0.2) is 4.98 Å². The standard InChI is InChI=1S/C25H31N3O2/c1-17(2)20-11-13-21(14-12-20)30-16-8-15-28-23-10-7-6-9-22(23)27-24(28)19(5)26-25(29)18(3)4/h6-7,9-14,17,19H,3,8,15-16H2,1-2,4-5H3,(H,26,29). The third kappa shape index (κ3) is 5.09. The fourth-order valence-electron chi connectivity index (χ4n) is 3.41. The van der Waals surface area contributed by atoms with E-state index in [0.717, 1.165) is 35.6 Å². The molecule has 1 N–H and O–H groups in total. The van der Waals surface area contributed by atoms with Gasteiger partial charge in [0.15, 0.2) is 0 Å². The Labute approximate surface area is 178 Å². The van der Waals surface area contributed by atoms with Crippen LogP contribution in [0, 0.1) is 0 Å². The number of rotatable bonds is 9. The Bertz CT molecular complexity index is 1020. The molecule has 1 amide bonds. The van der Waals surface area contributed by atoms with Gasteiger partial charge >= 0.3 is 0 Å². The Kier molecular flexibility index (Phi) is 6.93. The largest absolute Gasteiger partial charge is 0.494 e. The van der Waals surface area contributed by atoms with Crippen molar-refractivity contribution in [2.45, 2.75) is 52.6 Å². The van der Waals surface area contributed by atoms with Gasteiger partial charge in [0.1, 0.15) is 11.6 Å². The van der Waals surface area contributed by atoms with Gasteiger partial charge < -0.3 is 14.6 Å². The minimum absolute atomic E-state index is 0.158. The SMILES string of the molecule is C=C(C)C(=O)NC(C)c1nc2ccccc2n1CCCOc1ccc(C(C)C)cc1. The van der Waals surface area contributed by atoms with Gasteiger partial charge in [-0.15, -0.1) is 0 Å². The smallest absolute Gasteiger partial charge is 0.246 e. The maximum absolute atomic E-state index is 12.1. The molecule has 1 atom stereocenters. The molecule has 30 heavy (non-hydrogen) atoms. The molecule has 3 aromatic rings. The second-order valence-electron chi connectivity index (χ2n) is 8.01. The summed E-state index contributed by atoms with van der Waals surface area (Å²) in [5.74, 6) is 2.08. The number of ether oxygens (including phenoxy) is 1. The molecular formula is C25H31N3O2. The third-order valence-corrected chi connectivity index (χ3v) is 5.15. The first-order chi connectivity index (χ1) is 14.4. The fraction of sp³-hybridized carbons (Fsp3) is 0.360. The molecule has 0 bridgehead atoms. The Hall–Kier alpha value is -3.08. The lowest BCUT2D eigenvalue weighted by atomic mass is 10.0. The van der Waals surface area contributed by atoms with Crippen LogP contribution >= 0.6 is 0 Å². The van der Waals surface area contributed by atoms with Crippen molar-refractivity contribution >= 4 is 16.9 Å². The summed E-state index contributed by atoms with van der Waals surface area (Å²) >= 11 is 0. The number of carbonyl (C=O) groups is 1. The Morgan fingerprint density at radius 2 is 1.83 bits per heavy atom. The molecule has 1 aromatic heterocycles. The van der Waals surface area contributed by atoms with E-state index in [1.54, 1.807) is 6.92 Å².